The minimum atomic E-state index is -0.105. The van der Waals surface area contributed by atoms with Crippen LogP contribution in [0.5, 0.6) is 0 Å². The highest BCUT2D eigenvalue weighted by Crippen LogP contribution is 2.23. The largest absolute Gasteiger partial charge is 0.393 e. The van der Waals surface area contributed by atoms with Gasteiger partial charge >= 0.3 is 0 Å². The lowest BCUT2D eigenvalue weighted by Crippen LogP contribution is -2.32. The van der Waals surface area contributed by atoms with E-state index in [4.69, 9.17) is 0 Å². The Hall–Kier alpha value is -0.570. The Bertz CT molecular complexity index is 210. The molecule has 1 aliphatic rings. The topological polar surface area (TPSA) is 49.3 Å². The molecular formula is C13H25NO2. The zero-order chi connectivity index (χ0) is 12.0. The molecule has 0 aromatic carbocycles. The average molecular weight is 227 g/mol. The van der Waals surface area contributed by atoms with Gasteiger partial charge in [0.25, 0.3) is 0 Å². The van der Waals surface area contributed by atoms with Crippen LogP contribution in [-0.2, 0) is 4.79 Å². The number of hydrogen-bond acceptors (Lipinski definition) is 2. The van der Waals surface area contributed by atoms with Gasteiger partial charge in [-0.05, 0) is 37.5 Å². The Morgan fingerprint density at radius 1 is 1.38 bits per heavy atom. The van der Waals surface area contributed by atoms with Gasteiger partial charge in [0.15, 0.2) is 0 Å². The molecule has 1 aliphatic carbocycles. The Kier molecular flexibility index (Phi) is 5.81. The number of nitrogens with one attached hydrogen (secondary N) is 1. The highest BCUT2D eigenvalue weighted by Gasteiger charge is 2.19. The molecule has 1 fully saturated rings. The van der Waals surface area contributed by atoms with Gasteiger partial charge in [0, 0.05) is 13.0 Å². The molecule has 1 atom stereocenters. The van der Waals surface area contributed by atoms with E-state index in [0.717, 1.165) is 38.6 Å². The first-order valence-corrected chi connectivity index (χ1v) is 6.56. The van der Waals surface area contributed by atoms with Crippen molar-refractivity contribution >= 4 is 5.91 Å². The van der Waals surface area contributed by atoms with Gasteiger partial charge in [0.2, 0.25) is 5.91 Å². The number of aliphatic hydroxyl groups excluding tert-OH is 1. The summed E-state index contributed by atoms with van der Waals surface area (Å²) in [6.45, 7) is 5.01. The SMILES string of the molecule is CCC(C)CC(=O)NCC1CCC(O)CC1. The van der Waals surface area contributed by atoms with Crippen molar-refractivity contribution in [2.75, 3.05) is 6.54 Å². The lowest BCUT2D eigenvalue weighted by molar-refractivity contribution is -0.122. The predicted octanol–water partition coefficient (Wildman–Crippen LogP) is 2.09. The first-order valence-electron chi connectivity index (χ1n) is 6.56. The van der Waals surface area contributed by atoms with E-state index in [2.05, 4.69) is 19.2 Å². The van der Waals surface area contributed by atoms with E-state index in [-0.39, 0.29) is 12.0 Å². The molecule has 0 aliphatic heterocycles. The molecule has 0 bridgehead atoms. The number of carbonyl (C=O) groups is 1. The molecule has 16 heavy (non-hydrogen) atoms. The molecule has 0 aromatic heterocycles. The predicted molar refractivity (Wildman–Crippen MR) is 65.0 cm³/mol. The molecule has 0 spiro atoms. The normalized spacial score (nSPS) is 27.4. The summed E-state index contributed by atoms with van der Waals surface area (Å²) in [6, 6.07) is 0. The second kappa shape index (κ2) is 6.89. The fraction of sp³-hybridized carbons (Fsp3) is 0.923. The zero-order valence-corrected chi connectivity index (χ0v) is 10.5. The third-order valence-corrected chi connectivity index (χ3v) is 3.63. The summed E-state index contributed by atoms with van der Waals surface area (Å²) in [5.41, 5.74) is 0. The molecule has 3 nitrogen and oxygen atoms in total. The third kappa shape index (κ3) is 4.97. The van der Waals surface area contributed by atoms with E-state index >= 15 is 0 Å². The summed E-state index contributed by atoms with van der Waals surface area (Å²) in [6.07, 6.45) is 5.48. The summed E-state index contributed by atoms with van der Waals surface area (Å²) in [7, 11) is 0. The van der Waals surface area contributed by atoms with Crippen molar-refractivity contribution in [3.8, 4) is 0 Å². The first kappa shape index (κ1) is 13.5. The van der Waals surface area contributed by atoms with Crippen LogP contribution in [0, 0.1) is 11.8 Å². The number of amides is 1. The highest BCUT2D eigenvalue weighted by atomic mass is 16.3. The van der Waals surface area contributed by atoms with Gasteiger partial charge in [-0.3, -0.25) is 4.79 Å². The second-order valence-corrected chi connectivity index (χ2v) is 5.20. The summed E-state index contributed by atoms with van der Waals surface area (Å²) in [4.78, 5) is 11.6. The van der Waals surface area contributed by atoms with Gasteiger partial charge in [0.1, 0.15) is 0 Å². The van der Waals surface area contributed by atoms with Crippen LogP contribution >= 0.6 is 0 Å². The molecule has 2 N–H and O–H groups in total. The standard InChI is InChI=1S/C13H25NO2/c1-3-10(2)8-13(16)14-9-11-4-6-12(15)7-5-11/h10-12,15H,3-9H2,1-2H3,(H,14,16). The van der Waals surface area contributed by atoms with Gasteiger partial charge in [-0.2, -0.15) is 0 Å². The van der Waals surface area contributed by atoms with Crippen molar-refractivity contribution in [1.29, 1.82) is 0 Å². The molecule has 94 valence electrons. The molecule has 1 saturated carbocycles. The van der Waals surface area contributed by atoms with E-state index in [0.29, 0.717) is 18.3 Å². The van der Waals surface area contributed by atoms with Gasteiger partial charge in [0.05, 0.1) is 6.10 Å². The second-order valence-electron chi connectivity index (χ2n) is 5.20. The number of aliphatic hydroxyl groups is 1. The van der Waals surface area contributed by atoms with Crippen molar-refractivity contribution in [1.82, 2.24) is 5.32 Å². The van der Waals surface area contributed by atoms with E-state index in [9.17, 15) is 9.90 Å². The van der Waals surface area contributed by atoms with Gasteiger partial charge in [-0.25, -0.2) is 0 Å². The molecule has 0 radical (unpaired) electrons. The van der Waals surface area contributed by atoms with Gasteiger partial charge < -0.3 is 10.4 Å². The van der Waals surface area contributed by atoms with Gasteiger partial charge in [-0.1, -0.05) is 20.3 Å². The first-order chi connectivity index (χ1) is 7.61. The van der Waals surface area contributed by atoms with Gasteiger partial charge in [-0.15, -0.1) is 0 Å². The quantitative estimate of drug-likeness (QED) is 0.755. The van der Waals surface area contributed by atoms with E-state index < -0.39 is 0 Å². The van der Waals surface area contributed by atoms with Crippen LogP contribution in [0.15, 0.2) is 0 Å². The maximum atomic E-state index is 11.6. The van der Waals surface area contributed by atoms with E-state index in [1.165, 1.54) is 0 Å². The Morgan fingerprint density at radius 2 is 2.00 bits per heavy atom. The van der Waals surface area contributed by atoms with Crippen LogP contribution in [0.25, 0.3) is 0 Å². The van der Waals surface area contributed by atoms with Crippen LogP contribution in [0.3, 0.4) is 0 Å². The molecule has 3 heteroatoms. The maximum Gasteiger partial charge on any atom is 0.220 e. The third-order valence-electron chi connectivity index (χ3n) is 3.63. The fourth-order valence-corrected chi connectivity index (χ4v) is 2.14. The molecular weight excluding hydrogens is 202 g/mol. The van der Waals surface area contributed by atoms with Crippen LogP contribution in [0.1, 0.15) is 52.4 Å². The molecule has 0 heterocycles. The summed E-state index contributed by atoms with van der Waals surface area (Å²) >= 11 is 0. The number of carbonyl (C=O) groups excluding carboxylic acids is 1. The number of rotatable bonds is 5. The molecule has 1 amide bonds. The highest BCUT2D eigenvalue weighted by molar-refractivity contribution is 5.76. The molecule has 0 saturated heterocycles. The van der Waals surface area contributed by atoms with E-state index in [1.54, 1.807) is 0 Å². The Balaban J connectivity index is 2.12. The number of hydrogen-bond donors (Lipinski definition) is 2. The van der Waals surface area contributed by atoms with Crippen molar-refractivity contribution in [2.45, 2.75) is 58.5 Å². The van der Waals surface area contributed by atoms with E-state index in [1.807, 2.05) is 0 Å². The van der Waals surface area contributed by atoms with Crippen molar-refractivity contribution < 1.29 is 9.90 Å². The van der Waals surface area contributed by atoms with Crippen molar-refractivity contribution in [2.24, 2.45) is 11.8 Å². The maximum absolute atomic E-state index is 11.6. The van der Waals surface area contributed by atoms with Crippen LogP contribution in [0.4, 0.5) is 0 Å². The lowest BCUT2D eigenvalue weighted by Gasteiger charge is -2.25. The lowest BCUT2D eigenvalue weighted by atomic mass is 9.87. The minimum absolute atomic E-state index is 0.105. The smallest absolute Gasteiger partial charge is 0.220 e. The summed E-state index contributed by atoms with van der Waals surface area (Å²) in [5.74, 6) is 1.23. The van der Waals surface area contributed by atoms with Crippen LogP contribution < -0.4 is 5.32 Å². The molecule has 1 unspecified atom stereocenters. The fourth-order valence-electron chi connectivity index (χ4n) is 2.14. The molecule has 1 rings (SSSR count). The monoisotopic (exact) mass is 227 g/mol. The average Bonchev–Trinajstić information content (AvgIpc) is 2.28. The summed E-state index contributed by atoms with van der Waals surface area (Å²) in [5, 5.41) is 12.4. The zero-order valence-electron chi connectivity index (χ0n) is 10.5. The van der Waals surface area contributed by atoms with Crippen molar-refractivity contribution in [3.05, 3.63) is 0 Å². The molecule has 0 aromatic rings. The minimum Gasteiger partial charge on any atom is -0.393 e. The summed E-state index contributed by atoms with van der Waals surface area (Å²) < 4.78 is 0. The van der Waals surface area contributed by atoms with Crippen LogP contribution in [-0.4, -0.2) is 23.7 Å². The van der Waals surface area contributed by atoms with Crippen molar-refractivity contribution in [3.63, 3.8) is 0 Å². The Morgan fingerprint density at radius 3 is 2.56 bits per heavy atom. The van der Waals surface area contributed by atoms with Crippen LogP contribution in [0.2, 0.25) is 0 Å². The Labute approximate surface area is 98.6 Å².